The molecule has 0 rings (SSSR count). The van der Waals surface area contributed by atoms with Crippen LogP contribution in [0.1, 0.15) is 0 Å². The molecule has 0 aliphatic heterocycles. The van der Waals surface area contributed by atoms with Crippen molar-refractivity contribution in [1.29, 1.82) is 0 Å². The Kier molecular flexibility index (Phi) is 128. The predicted octanol–water partition coefficient (Wildman–Crippen LogP) is -5.32. The van der Waals surface area contributed by atoms with Gasteiger partial charge in [-0.05, 0) is 0 Å². The summed E-state index contributed by atoms with van der Waals surface area (Å²) in [5, 5.41) is 38.8. The molecule has 10 nitrogen and oxygen atoms in total. The molecule has 0 aromatic heterocycles. The first-order valence-corrected chi connectivity index (χ1v) is 6.12. The average molecular weight is 364 g/mol. The second-order valence-electron chi connectivity index (χ2n) is 2.56. The van der Waals surface area contributed by atoms with Gasteiger partial charge in [0.1, 0.15) is 0 Å². The van der Waals surface area contributed by atoms with Gasteiger partial charge in [0.25, 0.3) is 0 Å². The van der Waals surface area contributed by atoms with Crippen LogP contribution in [0.4, 0.5) is 0 Å². The van der Waals surface area contributed by atoms with Crippen molar-refractivity contribution in [1.82, 2.24) is 0 Å². The monoisotopic (exact) mass is 364 g/mol. The van der Waals surface area contributed by atoms with Crippen molar-refractivity contribution in [3.8, 4) is 0 Å². The van der Waals surface area contributed by atoms with Gasteiger partial charge in [0.05, 0.1) is 33.0 Å². The number of hydrogen-bond acceptors (Lipinski definition) is 10. The molecule has 0 bridgehead atoms. The summed E-state index contributed by atoms with van der Waals surface area (Å²) in [5.74, 6) is 0. The largest absolute Gasteiger partial charge is 0.395 e. The zero-order chi connectivity index (χ0) is 17.1. The van der Waals surface area contributed by atoms with Crippen molar-refractivity contribution in [3.05, 3.63) is 0 Å². The predicted molar refractivity (Wildman–Crippen MR) is 80.7 cm³/mol. The van der Waals surface area contributed by atoms with Crippen LogP contribution in [0.5, 0.6) is 0 Å². The molecule has 0 aliphatic carbocycles. The van der Waals surface area contributed by atoms with Gasteiger partial charge in [-0.2, -0.15) is 0 Å². The SMILES string of the molecule is NCCO.NCCO.NCCO.NCCO.NCCO.[Co]. The van der Waals surface area contributed by atoms with Crippen LogP contribution in [0.3, 0.4) is 0 Å². The Bertz CT molecular complexity index is 69.0. The summed E-state index contributed by atoms with van der Waals surface area (Å²) >= 11 is 0. The van der Waals surface area contributed by atoms with Crippen LogP contribution < -0.4 is 28.7 Å². The zero-order valence-corrected chi connectivity index (χ0v) is 13.6. The van der Waals surface area contributed by atoms with Crippen molar-refractivity contribution in [2.24, 2.45) is 28.7 Å². The summed E-state index contributed by atoms with van der Waals surface area (Å²) < 4.78 is 0. The Labute approximate surface area is 137 Å². The van der Waals surface area contributed by atoms with Crippen LogP contribution in [-0.2, 0) is 16.8 Å². The molecule has 0 saturated carbocycles. The molecule has 0 heterocycles. The maximum absolute atomic E-state index is 7.75. The van der Waals surface area contributed by atoms with E-state index in [1.165, 1.54) is 0 Å². The number of aliphatic hydroxyl groups excluding tert-OH is 5. The quantitative estimate of drug-likeness (QED) is 0.222. The van der Waals surface area contributed by atoms with E-state index in [1.807, 2.05) is 0 Å². The Hall–Kier alpha value is 0.106. The van der Waals surface area contributed by atoms with E-state index in [0.717, 1.165) is 0 Å². The number of aliphatic hydroxyl groups is 5. The van der Waals surface area contributed by atoms with E-state index in [9.17, 15) is 0 Å². The molecule has 0 spiro atoms. The Morgan fingerprint density at radius 3 is 0.429 bits per heavy atom. The van der Waals surface area contributed by atoms with Crippen LogP contribution in [-0.4, -0.2) is 91.3 Å². The summed E-state index contributed by atoms with van der Waals surface area (Å²) in [6.45, 7) is 2.36. The molecule has 0 unspecified atom stereocenters. The molecule has 0 atom stereocenters. The molecule has 0 aromatic rings. The fourth-order valence-corrected chi connectivity index (χ4v) is 0. The first-order valence-electron chi connectivity index (χ1n) is 6.12. The summed E-state index contributed by atoms with van der Waals surface area (Å²) in [5.41, 5.74) is 23.9. The zero-order valence-electron chi connectivity index (χ0n) is 12.5. The first-order chi connectivity index (χ1) is 9.57. The molecular weight excluding hydrogens is 329 g/mol. The van der Waals surface area contributed by atoms with Gasteiger partial charge in [-0.1, -0.05) is 0 Å². The maximum atomic E-state index is 7.75. The van der Waals surface area contributed by atoms with Gasteiger partial charge in [-0.15, -0.1) is 0 Å². The van der Waals surface area contributed by atoms with Crippen molar-refractivity contribution < 1.29 is 42.3 Å². The van der Waals surface area contributed by atoms with Gasteiger partial charge in [-0.25, -0.2) is 0 Å². The van der Waals surface area contributed by atoms with Crippen molar-refractivity contribution in [2.45, 2.75) is 0 Å². The van der Waals surface area contributed by atoms with Gasteiger partial charge >= 0.3 is 0 Å². The molecule has 0 saturated heterocycles. The summed E-state index contributed by atoms with van der Waals surface area (Å²) in [6, 6.07) is 0. The minimum atomic E-state index is 0. The summed E-state index contributed by atoms with van der Waals surface area (Å²) in [7, 11) is 0. The molecule has 15 N–H and O–H groups in total. The second kappa shape index (κ2) is 71.9. The fraction of sp³-hybridized carbons (Fsp3) is 1.00. The molecule has 21 heavy (non-hydrogen) atoms. The Balaban J connectivity index is -0.0000000331. The first kappa shape index (κ1) is 37.4. The molecule has 11 heteroatoms. The Morgan fingerprint density at radius 2 is 0.429 bits per heavy atom. The smallest absolute Gasteiger partial charge is 0.0553 e. The normalized spacial score (nSPS) is 7.14. The fourth-order valence-electron chi connectivity index (χ4n) is 0. The van der Waals surface area contributed by atoms with E-state index >= 15 is 0 Å². The van der Waals surface area contributed by atoms with E-state index in [1.54, 1.807) is 0 Å². The van der Waals surface area contributed by atoms with Gasteiger partial charge in [0, 0.05) is 49.5 Å². The van der Waals surface area contributed by atoms with E-state index in [-0.39, 0.29) is 49.8 Å². The van der Waals surface area contributed by atoms with Crippen LogP contribution in [0.25, 0.3) is 0 Å². The van der Waals surface area contributed by atoms with Gasteiger partial charge < -0.3 is 54.2 Å². The molecule has 0 aliphatic rings. The minimum Gasteiger partial charge on any atom is -0.395 e. The van der Waals surface area contributed by atoms with E-state index in [2.05, 4.69) is 0 Å². The maximum Gasteiger partial charge on any atom is 0.0553 e. The van der Waals surface area contributed by atoms with Crippen LogP contribution >= 0.6 is 0 Å². The third-order valence-corrected chi connectivity index (χ3v) is 0.645. The summed E-state index contributed by atoms with van der Waals surface area (Å²) in [4.78, 5) is 0. The van der Waals surface area contributed by atoms with E-state index in [4.69, 9.17) is 54.2 Å². The second-order valence-corrected chi connectivity index (χ2v) is 2.56. The standard InChI is InChI=1S/5C2H7NO.Co/c5*3-1-2-4;/h5*4H,1-3H2;. The molecular formula is C10H35CoN5O5. The van der Waals surface area contributed by atoms with Gasteiger partial charge in [0.15, 0.2) is 0 Å². The van der Waals surface area contributed by atoms with Crippen molar-refractivity contribution in [2.75, 3.05) is 65.8 Å². The third-order valence-electron chi connectivity index (χ3n) is 0.645. The molecule has 0 aromatic carbocycles. The molecule has 0 amide bonds. The molecule has 139 valence electrons. The van der Waals surface area contributed by atoms with Crippen molar-refractivity contribution >= 4 is 0 Å². The van der Waals surface area contributed by atoms with Crippen LogP contribution in [0.15, 0.2) is 0 Å². The molecule has 1 radical (unpaired) electrons. The van der Waals surface area contributed by atoms with Crippen LogP contribution in [0.2, 0.25) is 0 Å². The van der Waals surface area contributed by atoms with Gasteiger partial charge in [-0.3, -0.25) is 0 Å². The van der Waals surface area contributed by atoms with Crippen molar-refractivity contribution in [3.63, 3.8) is 0 Å². The Morgan fingerprint density at radius 1 is 0.381 bits per heavy atom. The van der Waals surface area contributed by atoms with Gasteiger partial charge in [0.2, 0.25) is 0 Å². The number of rotatable bonds is 5. The number of hydrogen-bond donors (Lipinski definition) is 10. The third kappa shape index (κ3) is 253. The summed E-state index contributed by atoms with van der Waals surface area (Å²) in [6.07, 6.45) is 0. The molecule has 0 fully saturated rings. The minimum absolute atomic E-state index is 0. The van der Waals surface area contributed by atoms with E-state index < -0.39 is 0 Å². The van der Waals surface area contributed by atoms with E-state index in [0.29, 0.717) is 32.7 Å². The van der Waals surface area contributed by atoms with Crippen LogP contribution in [0, 0.1) is 0 Å². The topological polar surface area (TPSA) is 231 Å². The average Bonchev–Trinajstić information content (AvgIpc) is 2.55. The number of nitrogens with two attached hydrogens (primary N) is 5.